The molecular formula is C11H15NO. The van der Waals surface area contributed by atoms with Gasteiger partial charge in [0.25, 0.3) is 0 Å². The van der Waals surface area contributed by atoms with Crippen LogP contribution in [0, 0.1) is 6.92 Å². The maximum atomic E-state index is 5.28. The van der Waals surface area contributed by atoms with Crippen LogP contribution in [0.25, 0.3) is 0 Å². The lowest BCUT2D eigenvalue weighted by Crippen LogP contribution is -2.34. The summed E-state index contributed by atoms with van der Waals surface area (Å²) in [5, 5.41) is 3.38. The van der Waals surface area contributed by atoms with Crippen molar-refractivity contribution in [2.75, 3.05) is 13.7 Å². The number of hydrogen-bond donors (Lipinski definition) is 1. The average molecular weight is 177 g/mol. The molecule has 2 nitrogen and oxygen atoms in total. The Labute approximate surface area is 78.9 Å². The Balaban J connectivity index is 2.26. The molecule has 1 aromatic carbocycles. The zero-order chi connectivity index (χ0) is 9.26. The summed E-state index contributed by atoms with van der Waals surface area (Å²) in [7, 11) is 1.72. The lowest BCUT2D eigenvalue weighted by Gasteiger charge is -2.28. The standard InChI is InChI=1S/C11H15NO/c1-8-3-4-9(7-11(8)13-2)10-5-6-12-10/h3-4,7,10,12H,5-6H2,1-2H3/t10-/m1/s1. The van der Waals surface area contributed by atoms with E-state index in [1.807, 2.05) is 0 Å². The summed E-state index contributed by atoms with van der Waals surface area (Å²) in [6, 6.07) is 6.98. The van der Waals surface area contributed by atoms with Crippen LogP contribution in [0.3, 0.4) is 0 Å². The summed E-state index contributed by atoms with van der Waals surface area (Å²) >= 11 is 0. The Morgan fingerprint density at radius 3 is 2.77 bits per heavy atom. The fraction of sp³-hybridized carbons (Fsp3) is 0.455. The molecule has 1 aliphatic rings. The van der Waals surface area contributed by atoms with E-state index < -0.39 is 0 Å². The van der Waals surface area contributed by atoms with Gasteiger partial charge in [0.05, 0.1) is 7.11 Å². The van der Waals surface area contributed by atoms with E-state index in [0.29, 0.717) is 6.04 Å². The number of benzene rings is 1. The highest BCUT2D eigenvalue weighted by atomic mass is 16.5. The van der Waals surface area contributed by atoms with Crippen LogP contribution >= 0.6 is 0 Å². The molecule has 0 radical (unpaired) electrons. The summed E-state index contributed by atoms with van der Waals surface area (Å²) in [6.07, 6.45) is 1.24. The third-order valence-electron chi connectivity index (χ3n) is 2.66. The molecule has 0 aliphatic carbocycles. The Morgan fingerprint density at radius 1 is 1.46 bits per heavy atom. The first-order valence-corrected chi connectivity index (χ1v) is 4.69. The summed E-state index contributed by atoms with van der Waals surface area (Å²) in [6.45, 7) is 3.21. The zero-order valence-corrected chi connectivity index (χ0v) is 8.13. The Morgan fingerprint density at radius 2 is 2.23 bits per heavy atom. The van der Waals surface area contributed by atoms with Crippen LogP contribution in [0.2, 0.25) is 0 Å². The maximum absolute atomic E-state index is 5.28. The minimum Gasteiger partial charge on any atom is -0.496 e. The van der Waals surface area contributed by atoms with Crippen molar-refractivity contribution in [2.24, 2.45) is 0 Å². The molecule has 13 heavy (non-hydrogen) atoms. The van der Waals surface area contributed by atoms with Gasteiger partial charge in [0.2, 0.25) is 0 Å². The highest BCUT2D eigenvalue weighted by Crippen LogP contribution is 2.27. The second-order valence-corrected chi connectivity index (χ2v) is 3.52. The van der Waals surface area contributed by atoms with Crippen LogP contribution in [0.4, 0.5) is 0 Å². The number of methoxy groups -OCH3 is 1. The lowest BCUT2D eigenvalue weighted by molar-refractivity contribution is 0.377. The molecule has 2 heteroatoms. The molecule has 0 aromatic heterocycles. The van der Waals surface area contributed by atoms with Gasteiger partial charge in [0.15, 0.2) is 0 Å². The fourth-order valence-electron chi connectivity index (χ4n) is 1.63. The highest BCUT2D eigenvalue weighted by molar-refractivity contribution is 5.38. The van der Waals surface area contributed by atoms with Gasteiger partial charge < -0.3 is 10.1 Å². The first kappa shape index (κ1) is 8.57. The van der Waals surface area contributed by atoms with Gasteiger partial charge in [-0.05, 0) is 37.1 Å². The first-order chi connectivity index (χ1) is 6.31. The van der Waals surface area contributed by atoms with Gasteiger partial charge in [0.1, 0.15) is 5.75 Å². The predicted octanol–water partition coefficient (Wildman–Crippen LogP) is 2.04. The normalized spacial score (nSPS) is 20.9. The summed E-state index contributed by atoms with van der Waals surface area (Å²) < 4.78 is 5.28. The van der Waals surface area contributed by atoms with Crippen molar-refractivity contribution in [3.63, 3.8) is 0 Å². The molecule has 1 heterocycles. The first-order valence-electron chi connectivity index (χ1n) is 4.69. The Kier molecular flexibility index (Phi) is 2.23. The van der Waals surface area contributed by atoms with Crippen molar-refractivity contribution >= 4 is 0 Å². The number of nitrogens with one attached hydrogen (secondary N) is 1. The maximum Gasteiger partial charge on any atom is 0.122 e. The van der Waals surface area contributed by atoms with Gasteiger partial charge in [0, 0.05) is 6.04 Å². The topological polar surface area (TPSA) is 21.3 Å². The largest absolute Gasteiger partial charge is 0.496 e. The van der Waals surface area contributed by atoms with Crippen molar-refractivity contribution in [3.05, 3.63) is 29.3 Å². The quantitative estimate of drug-likeness (QED) is 0.746. The van der Waals surface area contributed by atoms with E-state index in [-0.39, 0.29) is 0 Å². The molecule has 1 aliphatic heterocycles. The van der Waals surface area contributed by atoms with Crippen molar-refractivity contribution < 1.29 is 4.74 Å². The van der Waals surface area contributed by atoms with Crippen LogP contribution in [-0.2, 0) is 0 Å². The minimum absolute atomic E-state index is 0.550. The van der Waals surface area contributed by atoms with Crippen molar-refractivity contribution in [1.29, 1.82) is 0 Å². The van der Waals surface area contributed by atoms with E-state index in [0.717, 1.165) is 12.3 Å². The molecule has 0 spiro atoms. The van der Waals surface area contributed by atoms with Crippen LogP contribution in [0.15, 0.2) is 18.2 Å². The third kappa shape index (κ3) is 1.54. The van der Waals surface area contributed by atoms with E-state index in [2.05, 4.69) is 30.4 Å². The molecule has 0 unspecified atom stereocenters. The van der Waals surface area contributed by atoms with Crippen LogP contribution < -0.4 is 10.1 Å². The van der Waals surface area contributed by atoms with Gasteiger partial charge in [-0.3, -0.25) is 0 Å². The summed E-state index contributed by atoms with van der Waals surface area (Å²) in [4.78, 5) is 0. The Bertz CT molecular complexity index is 305. The minimum atomic E-state index is 0.550. The smallest absolute Gasteiger partial charge is 0.122 e. The molecule has 1 saturated heterocycles. The summed E-state index contributed by atoms with van der Waals surface area (Å²) in [5.41, 5.74) is 2.54. The number of aryl methyl sites for hydroxylation is 1. The van der Waals surface area contributed by atoms with E-state index in [9.17, 15) is 0 Å². The van der Waals surface area contributed by atoms with Gasteiger partial charge in [-0.25, -0.2) is 0 Å². The number of rotatable bonds is 2. The molecule has 0 bridgehead atoms. The second kappa shape index (κ2) is 3.38. The molecule has 70 valence electrons. The molecule has 2 rings (SSSR count). The zero-order valence-electron chi connectivity index (χ0n) is 8.13. The van der Waals surface area contributed by atoms with Crippen molar-refractivity contribution in [2.45, 2.75) is 19.4 Å². The third-order valence-corrected chi connectivity index (χ3v) is 2.66. The van der Waals surface area contributed by atoms with Crippen molar-refractivity contribution in [3.8, 4) is 5.75 Å². The van der Waals surface area contributed by atoms with Gasteiger partial charge in [-0.15, -0.1) is 0 Å². The van der Waals surface area contributed by atoms with Crippen LogP contribution in [0.5, 0.6) is 5.75 Å². The second-order valence-electron chi connectivity index (χ2n) is 3.52. The monoisotopic (exact) mass is 177 g/mol. The van der Waals surface area contributed by atoms with Gasteiger partial charge >= 0.3 is 0 Å². The lowest BCUT2D eigenvalue weighted by atomic mass is 9.97. The molecule has 1 atom stereocenters. The SMILES string of the molecule is COc1cc([C@H]2CCN2)ccc1C. The number of hydrogen-bond acceptors (Lipinski definition) is 2. The van der Waals surface area contributed by atoms with Gasteiger partial charge in [-0.2, -0.15) is 0 Å². The average Bonchev–Trinajstić information content (AvgIpc) is 2.05. The molecular weight excluding hydrogens is 162 g/mol. The molecule has 1 N–H and O–H groups in total. The van der Waals surface area contributed by atoms with E-state index in [1.165, 1.54) is 17.5 Å². The Hall–Kier alpha value is -1.02. The fourth-order valence-corrected chi connectivity index (χ4v) is 1.63. The molecule has 0 amide bonds. The highest BCUT2D eigenvalue weighted by Gasteiger charge is 2.18. The molecule has 1 aromatic rings. The molecule has 0 saturated carbocycles. The van der Waals surface area contributed by atoms with E-state index in [4.69, 9.17) is 4.74 Å². The predicted molar refractivity (Wildman–Crippen MR) is 53.1 cm³/mol. The number of ether oxygens (including phenoxy) is 1. The van der Waals surface area contributed by atoms with Crippen LogP contribution in [-0.4, -0.2) is 13.7 Å². The van der Waals surface area contributed by atoms with Gasteiger partial charge in [-0.1, -0.05) is 12.1 Å². The van der Waals surface area contributed by atoms with E-state index in [1.54, 1.807) is 7.11 Å². The summed E-state index contributed by atoms with van der Waals surface area (Å²) in [5.74, 6) is 0.992. The van der Waals surface area contributed by atoms with Crippen molar-refractivity contribution in [1.82, 2.24) is 5.32 Å². The molecule has 1 fully saturated rings. The van der Waals surface area contributed by atoms with Crippen LogP contribution in [0.1, 0.15) is 23.6 Å². The van der Waals surface area contributed by atoms with E-state index >= 15 is 0 Å².